The van der Waals surface area contributed by atoms with Crippen LogP contribution in [0, 0.1) is 0 Å². The lowest BCUT2D eigenvalue weighted by Crippen LogP contribution is -2.38. The van der Waals surface area contributed by atoms with Crippen molar-refractivity contribution in [3.05, 3.63) is 48.0 Å². The molecule has 3 heterocycles. The Morgan fingerprint density at radius 3 is 2.96 bits per heavy atom. The Morgan fingerprint density at radius 2 is 2.17 bits per heavy atom. The smallest absolute Gasteiger partial charge is 0.265 e. The average Bonchev–Trinajstić information content (AvgIpc) is 3.12. The number of carbonyl (C=O) groups is 1. The first kappa shape index (κ1) is 14.8. The third-order valence-corrected chi connectivity index (χ3v) is 4.77. The van der Waals surface area contributed by atoms with Gasteiger partial charge in [0.1, 0.15) is 10.8 Å². The van der Waals surface area contributed by atoms with Gasteiger partial charge in [0.2, 0.25) is 0 Å². The summed E-state index contributed by atoms with van der Waals surface area (Å²) >= 11 is 1.56. The Hall–Kier alpha value is -2.73. The van der Waals surface area contributed by atoms with Crippen LogP contribution in [0.3, 0.4) is 0 Å². The van der Waals surface area contributed by atoms with Crippen LogP contribution in [0.2, 0.25) is 0 Å². The Labute approximate surface area is 143 Å². The van der Waals surface area contributed by atoms with Gasteiger partial charge in [0.15, 0.2) is 6.61 Å². The number of pyridine rings is 1. The zero-order valence-electron chi connectivity index (χ0n) is 13.1. The predicted molar refractivity (Wildman–Crippen MR) is 94.3 cm³/mol. The third-order valence-electron chi connectivity index (χ3n) is 3.90. The van der Waals surface area contributed by atoms with Crippen LogP contribution >= 0.6 is 11.3 Å². The van der Waals surface area contributed by atoms with Crippen LogP contribution in [-0.4, -0.2) is 29.0 Å². The molecule has 2 aromatic heterocycles. The minimum atomic E-state index is -0.0189. The van der Waals surface area contributed by atoms with Gasteiger partial charge in [0, 0.05) is 23.7 Å². The van der Waals surface area contributed by atoms with Crippen molar-refractivity contribution in [1.82, 2.24) is 9.97 Å². The van der Waals surface area contributed by atoms with Gasteiger partial charge in [-0.2, -0.15) is 0 Å². The average molecular weight is 337 g/mol. The van der Waals surface area contributed by atoms with Gasteiger partial charge in [-0.1, -0.05) is 6.07 Å². The van der Waals surface area contributed by atoms with Crippen molar-refractivity contribution in [3.63, 3.8) is 0 Å². The molecule has 0 fully saturated rings. The van der Waals surface area contributed by atoms with Crippen molar-refractivity contribution in [2.45, 2.75) is 6.92 Å². The lowest BCUT2D eigenvalue weighted by Gasteiger charge is -2.28. The van der Waals surface area contributed by atoms with Crippen LogP contribution < -0.4 is 9.64 Å². The van der Waals surface area contributed by atoms with Crippen molar-refractivity contribution in [1.29, 1.82) is 0 Å². The summed E-state index contributed by atoms with van der Waals surface area (Å²) in [5.74, 6) is 0.718. The number of thiazole rings is 1. The molecule has 1 aromatic carbocycles. The minimum Gasteiger partial charge on any atom is -0.482 e. The van der Waals surface area contributed by atoms with Crippen molar-refractivity contribution < 1.29 is 9.53 Å². The molecule has 0 aliphatic carbocycles. The van der Waals surface area contributed by atoms with Crippen LogP contribution in [0.25, 0.3) is 22.0 Å². The van der Waals surface area contributed by atoms with Gasteiger partial charge in [-0.25, -0.2) is 4.98 Å². The van der Waals surface area contributed by atoms with E-state index in [-0.39, 0.29) is 12.5 Å². The number of carbonyl (C=O) groups excluding carboxylic acids is 1. The summed E-state index contributed by atoms with van der Waals surface area (Å²) in [6.45, 7) is 2.68. The molecule has 0 bridgehead atoms. The highest BCUT2D eigenvalue weighted by atomic mass is 32.1. The molecule has 0 spiro atoms. The molecule has 4 rings (SSSR count). The monoisotopic (exact) mass is 337 g/mol. The molecule has 0 unspecified atom stereocenters. The van der Waals surface area contributed by atoms with Crippen LogP contribution in [0.15, 0.2) is 48.0 Å². The molecule has 120 valence electrons. The summed E-state index contributed by atoms with van der Waals surface area (Å²) in [4.78, 5) is 22.8. The van der Waals surface area contributed by atoms with Gasteiger partial charge < -0.3 is 9.64 Å². The van der Waals surface area contributed by atoms with Gasteiger partial charge in [-0.3, -0.25) is 9.78 Å². The fourth-order valence-corrected chi connectivity index (χ4v) is 3.53. The topological polar surface area (TPSA) is 55.3 Å². The van der Waals surface area contributed by atoms with Crippen LogP contribution in [0.1, 0.15) is 6.92 Å². The fourth-order valence-electron chi connectivity index (χ4n) is 2.72. The van der Waals surface area contributed by atoms with E-state index in [2.05, 4.69) is 9.97 Å². The molecule has 3 aromatic rings. The molecule has 0 radical (unpaired) electrons. The highest BCUT2D eigenvalue weighted by Gasteiger charge is 2.24. The number of fused-ring (bicyclic) bond motifs is 1. The highest BCUT2D eigenvalue weighted by Crippen LogP contribution is 2.37. The second kappa shape index (κ2) is 6.05. The van der Waals surface area contributed by atoms with Gasteiger partial charge in [-0.15, -0.1) is 11.3 Å². The lowest BCUT2D eigenvalue weighted by molar-refractivity contribution is -0.121. The van der Waals surface area contributed by atoms with E-state index in [0.717, 1.165) is 33.4 Å². The lowest BCUT2D eigenvalue weighted by atomic mass is 10.1. The van der Waals surface area contributed by atoms with Crippen molar-refractivity contribution in [3.8, 4) is 27.7 Å². The number of ether oxygens (including phenoxy) is 1. The summed E-state index contributed by atoms with van der Waals surface area (Å²) in [7, 11) is 0. The van der Waals surface area contributed by atoms with Crippen molar-refractivity contribution in [2.24, 2.45) is 0 Å². The number of nitrogens with zero attached hydrogens (tertiary/aromatic N) is 3. The van der Waals surface area contributed by atoms with E-state index in [1.165, 1.54) is 0 Å². The summed E-state index contributed by atoms with van der Waals surface area (Å²) in [5, 5.41) is 2.89. The van der Waals surface area contributed by atoms with E-state index in [4.69, 9.17) is 4.74 Å². The van der Waals surface area contributed by atoms with E-state index >= 15 is 0 Å². The Balaban J connectivity index is 1.72. The molecule has 0 N–H and O–H groups in total. The maximum absolute atomic E-state index is 12.0. The first-order valence-corrected chi connectivity index (χ1v) is 8.58. The first-order chi connectivity index (χ1) is 11.8. The van der Waals surface area contributed by atoms with Crippen molar-refractivity contribution in [2.75, 3.05) is 18.1 Å². The molecule has 1 aliphatic rings. The maximum atomic E-state index is 12.0. The van der Waals surface area contributed by atoms with E-state index in [0.29, 0.717) is 6.54 Å². The van der Waals surface area contributed by atoms with Crippen molar-refractivity contribution >= 4 is 22.9 Å². The third kappa shape index (κ3) is 2.55. The summed E-state index contributed by atoms with van der Waals surface area (Å²) in [6.07, 6.45) is 1.76. The zero-order chi connectivity index (χ0) is 16.5. The van der Waals surface area contributed by atoms with E-state index in [9.17, 15) is 4.79 Å². The zero-order valence-corrected chi connectivity index (χ0v) is 13.9. The Kier molecular flexibility index (Phi) is 3.74. The fraction of sp³-hybridized carbons (Fsp3) is 0.167. The normalized spacial score (nSPS) is 13.5. The molecule has 0 saturated carbocycles. The number of amides is 1. The molecule has 0 saturated heterocycles. The quantitative estimate of drug-likeness (QED) is 0.732. The predicted octanol–water partition coefficient (Wildman–Crippen LogP) is 3.62. The Morgan fingerprint density at radius 1 is 1.25 bits per heavy atom. The van der Waals surface area contributed by atoms with E-state index in [1.807, 2.05) is 48.7 Å². The van der Waals surface area contributed by atoms with Crippen LogP contribution in [0.4, 0.5) is 5.69 Å². The summed E-state index contributed by atoms with van der Waals surface area (Å²) in [6, 6.07) is 11.6. The standard InChI is InChI=1S/C18H15N3O2S/c1-2-21-15-9-12(6-7-16(15)23-10-17(21)22)14-11-24-18(20-14)13-5-3-4-8-19-13/h3-9,11H,2,10H2,1H3. The second-order valence-corrected chi connectivity index (χ2v) is 6.22. The van der Waals surface area contributed by atoms with Crippen LogP contribution in [-0.2, 0) is 4.79 Å². The number of aromatic nitrogens is 2. The number of hydrogen-bond donors (Lipinski definition) is 0. The van der Waals surface area contributed by atoms with Gasteiger partial charge >= 0.3 is 0 Å². The highest BCUT2D eigenvalue weighted by molar-refractivity contribution is 7.13. The second-order valence-electron chi connectivity index (χ2n) is 5.36. The SMILES string of the molecule is CCN1C(=O)COc2ccc(-c3csc(-c4ccccn4)n3)cc21. The number of likely N-dealkylation sites (N-methyl/N-ethyl adjacent to an activating group) is 1. The maximum Gasteiger partial charge on any atom is 0.265 e. The number of rotatable bonds is 3. The van der Waals surface area contributed by atoms with E-state index in [1.54, 1.807) is 22.4 Å². The Bertz CT molecular complexity index is 892. The molecule has 24 heavy (non-hydrogen) atoms. The van der Waals surface area contributed by atoms with E-state index < -0.39 is 0 Å². The van der Waals surface area contributed by atoms with Crippen LogP contribution in [0.5, 0.6) is 5.75 Å². The molecule has 1 aliphatic heterocycles. The number of hydrogen-bond acceptors (Lipinski definition) is 5. The van der Waals surface area contributed by atoms with Gasteiger partial charge in [-0.05, 0) is 37.3 Å². The summed E-state index contributed by atoms with van der Waals surface area (Å²) in [5.41, 5.74) is 3.50. The molecule has 1 amide bonds. The van der Waals surface area contributed by atoms with Gasteiger partial charge in [0.25, 0.3) is 5.91 Å². The molecule has 6 heteroatoms. The molecule has 0 atom stereocenters. The number of benzene rings is 1. The first-order valence-electron chi connectivity index (χ1n) is 7.71. The van der Waals surface area contributed by atoms with Gasteiger partial charge in [0.05, 0.1) is 17.1 Å². The molecular weight excluding hydrogens is 322 g/mol. The largest absolute Gasteiger partial charge is 0.482 e. The summed E-state index contributed by atoms with van der Waals surface area (Å²) < 4.78 is 5.51. The minimum absolute atomic E-state index is 0.0189. The molecule has 5 nitrogen and oxygen atoms in total. The molecular formula is C18H15N3O2S. The number of anilines is 1.